The van der Waals surface area contributed by atoms with E-state index in [1.165, 1.54) is 6.42 Å². The maximum absolute atomic E-state index is 12.5. The van der Waals surface area contributed by atoms with E-state index in [0.29, 0.717) is 18.4 Å². The molecule has 0 unspecified atom stereocenters. The van der Waals surface area contributed by atoms with Crippen molar-refractivity contribution in [1.29, 1.82) is 0 Å². The Hall–Kier alpha value is -2.63. The van der Waals surface area contributed by atoms with Crippen LogP contribution in [0, 0.1) is 18.8 Å². The van der Waals surface area contributed by atoms with Crippen LogP contribution in [-0.4, -0.2) is 47.9 Å². The Kier molecular flexibility index (Phi) is 8.70. The molecule has 2 heterocycles. The molecule has 2 amide bonds. The molecule has 33 heavy (non-hydrogen) atoms. The fourth-order valence-electron chi connectivity index (χ4n) is 4.88. The molecule has 1 aliphatic heterocycles. The molecule has 6 heteroatoms. The first-order valence-electron chi connectivity index (χ1n) is 12.5. The number of unbranched alkanes of at least 4 members (excludes halogenated alkanes) is 1. The average molecular weight is 453 g/mol. The number of carbonyl (C=O) groups excluding carboxylic acids is 2. The third kappa shape index (κ3) is 6.68. The third-order valence-corrected chi connectivity index (χ3v) is 6.56. The van der Waals surface area contributed by atoms with E-state index in [4.69, 9.17) is 4.98 Å². The molecule has 0 bridgehead atoms. The number of carbonyl (C=O) groups is 2. The summed E-state index contributed by atoms with van der Waals surface area (Å²) in [6.07, 6.45) is 3.76. The summed E-state index contributed by atoms with van der Waals surface area (Å²) >= 11 is 0. The smallest absolute Gasteiger partial charge is 0.224 e. The molecule has 6 nitrogen and oxygen atoms in total. The molecule has 1 fully saturated rings. The van der Waals surface area contributed by atoms with Crippen LogP contribution in [0.15, 0.2) is 24.3 Å². The van der Waals surface area contributed by atoms with E-state index in [9.17, 15) is 9.59 Å². The summed E-state index contributed by atoms with van der Waals surface area (Å²) < 4.78 is 0. The average Bonchev–Trinajstić information content (AvgIpc) is 2.77. The number of benzene rings is 1. The maximum Gasteiger partial charge on any atom is 0.224 e. The second kappa shape index (κ2) is 11.5. The number of fused-ring (bicyclic) bond motifs is 1. The Morgan fingerprint density at radius 1 is 1.12 bits per heavy atom. The highest BCUT2D eigenvalue weighted by atomic mass is 16.2. The van der Waals surface area contributed by atoms with E-state index in [2.05, 4.69) is 44.0 Å². The minimum atomic E-state index is -0.132. The summed E-state index contributed by atoms with van der Waals surface area (Å²) in [7, 11) is 0. The molecule has 0 aliphatic carbocycles. The minimum Gasteiger partial charge on any atom is -0.356 e. The number of aryl methyl sites for hydroxylation is 1. The summed E-state index contributed by atoms with van der Waals surface area (Å²) in [6, 6.07) is 8.03. The summed E-state index contributed by atoms with van der Waals surface area (Å²) in [5.74, 6) is 2.30. The van der Waals surface area contributed by atoms with E-state index >= 15 is 0 Å². The lowest BCUT2D eigenvalue weighted by atomic mass is 9.92. The van der Waals surface area contributed by atoms with E-state index in [1.807, 2.05) is 30.0 Å². The molecule has 2 aromatic rings. The lowest BCUT2D eigenvalue weighted by molar-refractivity contribution is -0.132. The standard InChI is InChI=1S/C27H40N4O2/c1-6-8-13-30(7-2)27(33)12-11-26(32)28-22-9-10-24-23(16-22)21(5)15-25(29-24)31-17-19(3)14-20(4)18-31/h9-10,15-16,19-20H,6-8,11-14,17-18H2,1-5H3,(H,28,32)/t19-,20-/m0/s1. The first-order chi connectivity index (χ1) is 15.8. The Morgan fingerprint density at radius 3 is 2.52 bits per heavy atom. The van der Waals surface area contributed by atoms with Crippen LogP contribution in [0.2, 0.25) is 0 Å². The monoisotopic (exact) mass is 452 g/mol. The van der Waals surface area contributed by atoms with Gasteiger partial charge in [0.25, 0.3) is 0 Å². The Balaban J connectivity index is 1.64. The van der Waals surface area contributed by atoms with Gasteiger partial charge >= 0.3 is 0 Å². The lowest BCUT2D eigenvalue weighted by Gasteiger charge is -2.36. The van der Waals surface area contributed by atoms with Crippen molar-refractivity contribution in [2.24, 2.45) is 11.8 Å². The van der Waals surface area contributed by atoms with Crippen LogP contribution < -0.4 is 10.2 Å². The van der Waals surface area contributed by atoms with Crippen molar-refractivity contribution in [1.82, 2.24) is 9.88 Å². The quantitative estimate of drug-likeness (QED) is 0.554. The van der Waals surface area contributed by atoms with Gasteiger partial charge in [-0.2, -0.15) is 0 Å². The third-order valence-electron chi connectivity index (χ3n) is 6.56. The molecule has 0 radical (unpaired) electrons. The van der Waals surface area contributed by atoms with Crippen molar-refractivity contribution in [2.45, 2.75) is 66.7 Å². The van der Waals surface area contributed by atoms with E-state index in [1.54, 1.807) is 0 Å². The van der Waals surface area contributed by atoms with Gasteiger partial charge < -0.3 is 15.1 Å². The van der Waals surface area contributed by atoms with Gasteiger partial charge in [0.05, 0.1) is 5.52 Å². The molecular weight excluding hydrogens is 412 g/mol. The number of pyridine rings is 1. The number of amides is 2. The van der Waals surface area contributed by atoms with Gasteiger partial charge in [0.2, 0.25) is 11.8 Å². The molecule has 1 N–H and O–H groups in total. The van der Waals surface area contributed by atoms with Gasteiger partial charge in [0, 0.05) is 50.1 Å². The van der Waals surface area contributed by atoms with Gasteiger partial charge in [-0.05, 0) is 68.4 Å². The largest absolute Gasteiger partial charge is 0.356 e. The van der Waals surface area contributed by atoms with Crippen LogP contribution in [0.3, 0.4) is 0 Å². The second-order valence-corrected chi connectivity index (χ2v) is 9.76. The molecule has 0 saturated carbocycles. The van der Waals surface area contributed by atoms with Gasteiger partial charge in [0.1, 0.15) is 5.82 Å². The van der Waals surface area contributed by atoms with Gasteiger partial charge in [-0.3, -0.25) is 9.59 Å². The van der Waals surface area contributed by atoms with Gasteiger partial charge in [-0.25, -0.2) is 4.98 Å². The fourth-order valence-corrected chi connectivity index (χ4v) is 4.88. The van der Waals surface area contributed by atoms with Gasteiger partial charge in [0.15, 0.2) is 0 Å². The van der Waals surface area contributed by atoms with E-state index in [0.717, 1.165) is 60.4 Å². The lowest BCUT2D eigenvalue weighted by Crippen LogP contribution is -2.39. The highest BCUT2D eigenvalue weighted by Crippen LogP contribution is 2.29. The summed E-state index contributed by atoms with van der Waals surface area (Å²) in [6.45, 7) is 14.4. The van der Waals surface area contributed by atoms with Crippen LogP contribution in [0.1, 0.15) is 65.4 Å². The number of hydrogen-bond donors (Lipinski definition) is 1. The van der Waals surface area contributed by atoms with Crippen molar-refractivity contribution in [3.8, 4) is 0 Å². The zero-order valence-electron chi connectivity index (χ0n) is 21.0. The Labute approximate surface area is 198 Å². The predicted octanol–water partition coefficient (Wildman–Crippen LogP) is 5.39. The molecule has 180 valence electrons. The SMILES string of the molecule is CCCCN(CC)C(=O)CCC(=O)Nc1ccc2nc(N3C[C@@H](C)C[C@H](C)C3)cc(C)c2c1. The van der Waals surface area contributed by atoms with Gasteiger partial charge in [-0.1, -0.05) is 27.2 Å². The number of rotatable bonds is 9. The Bertz CT molecular complexity index is 964. The molecule has 1 aliphatic rings. The first kappa shape index (κ1) is 25.0. The van der Waals surface area contributed by atoms with Crippen LogP contribution in [-0.2, 0) is 9.59 Å². The molecule has 0 spiro atoms. The minimum absolute atomic E-state index is 0.0496. The summed E-state index contributed by atoms with van der Waals surface area (Å²) in [5.41, 5.74) is 2.84. The van der Waals surface area contributed by atoms with E-state index < -0.39 is 0 Å². The topological polar surface area (TPSA) is 65.5 Å². The maximum atomic E-state index is 12.5. The normalized spacial score (nSPS) is 18.4. The zero-order valence-corrected chi connectivity index (χ0v) is 21.0. The van der Waals surface area contributed by atoms with Crippen molar-refractivity contribution >= 4 is 34.2 Å². The van der Waals surface area contributed by atoms with Crippen molar-refractivity contribution < 1.29 is 9.59 Å². The summed E-state index contributed by atoms with van der Waals surface area (Å²) in [4.78, 5) is 34.0. The molecule has 1 aromatic heterocycles. The van der Waals surface area contributed by atoms with Crippen molar-refractivity contribution in [2.75, 3.05) is 36.4 Å². The molecule has 2 atom stereocenters. The number of anilines is 2. The molecule has 1 aromatic carbocycles. The van der Waals surface area contributed by atoms with Crippen molar-refractivity contribution in [3.05, 3.63) is 29.8 Å². The number of piperidine rings is 1. The molecular formula is C27H40N4O2. The summed E-state index contributed by atoms with van der Waals surface area (Å²) in [5, 5.41) is 4.00. The Morgan fingerprint density at radius 2 is 1.85 bits per heavy atom. The van der Waals surface area contributed by atoms with E-state index in [-0.39, 0.29) is 24.7 Å². The van der Waals surface area contributed by atoms with Crippen LogP contribution in [0.5, 0.6) is 0 Å². The highest BCUT2D eigenvalue weighted by molar-refractivity contribution is 5.96. The van der Waals surface area contributed by atoms with Crippen LogP contribution in [0.4, 0.5) is 11.5 Å². The highest BCUT2D eigenvalue weighted by Gasteiger charge is 2.23. The predicted molar refractivity (Wildman–Crippen MR) is 137 cm³/mol. The van der Waals surface area contributed by atoms with Crippen molar-refractivity contribution in [3.63, 3.8) is 0 Å². The van der Waals surface area contributed by atoms with Gasteiger partial charge in [-0.15, -0.1) is 0 Å². The molecule has 3 rings (SSSR count). The number of aromatic nitrogens is 1. The first-order valence-corrected chi connectivity index (χ1v) is 12.5. The second-order valence-electron chi connectivity index (χ2n) is 9.76. The fraction of sp³-hybridized carbons (Fsp3) is 0.593. The van der Waals surface area contributed by atoms with Crippen LogP contribution in [0.25, 0.3) is 10.9 Å². The zero-order chi connectivity index (χ0) is 24.0. The number of nitrogens with zero attached hydrogens (tertiary/aromatic N) is 3. The molecule has 1 saturated heterocycles. The van der Waals surface area contributed by atoms with Crippen LogP contribution >= 0.6 is 0 Å². The number of hydrogen-bond acceptors (Lipinski definition) is 4. The number of nitrogens with one attached hydrogen (secondary N) is 1.